The molecule has 2 saturated heterocycles. The minimum absolute atomic E-state index is 0.0878. The number of likely N-dealkylation sites (tertiary alicyclic amines) is 1. The number of hydrogen-bond donors (Lipinski definition) is 0. The Balaban J connectivity index is 1.13. The summed E-state index contributed by atoms with van der Waals surface area (Å²) in [5.74, 6) is 0.265. The Morgan fingerprint density at radius 3 is 2.40 bits per heavy atom. The second-order valence-electron chi connectivity index (χ2n) is 8.96. The van der Waals surface area contributed by atoms with Crippen LogP contribution in [0.5, 0.6) is 5.75 Å². The number of rotatable bonds is 4. The van der Waals surface area contributed by atoms with Crippen LogP contribution < -0.4 is 4.74 Å². The lowest BCUT2D eigenvalue weighted by atomic mass is 9.81. The van der Waals surface area contributed by atoms with Gasteiger partial charge in [0.15, 0.2) is 0 Å². The Bertz CT molecular complexity index is 838. The van der Waals surface area contributed by atoms with Crippen LogP contribution in [-0.2, 0) is 27.3 Å². The van der Waals surface area contributed by atoms with Gasteiger partial charge in [-0.15, -0.1) is 0 Å². The number of carbonyl (C=O) groups excluding carboxylic acids is 3. The first-order valence-corrected chi connectivity index (χ1v) is 11.2. The van der Waals surface area contributed by atoms with Crippen molar-refractivity contribution in [2.45, 2.75) is 38.6 Å². The molecule has 0 N–H and O–H groups in total. The maximum Gasteiger partial charge on any atom is 0.242 e. The standard InChI is InChI=1S/C23H29N3O4/c27-21(15-26-22(28)18-3-1-2-4-19(18)23(26)29)25-10-8-24(9-11-25)14-16-5-6-20-17(13-16)7-12-30-20/h5-6,13,18-19H,1-4,7-12,14-15H2/t18-,19-/m1/s1. The van der Waals surface area contributed by atoms with Crippen LogP contribution in [0.4, 0.5) is 0 Å². The van der Waals surface area contributed by atoms with Gasteiger partial charge in [0, 0.05) is 39.1 Å². The van der Waals surface area contributed by atoms with E-state index in [4.69, 9.17) is 4.74 Å². The van der Waals surface area contributed by atoms with Crippen LogP contribution in [0.15, 0.2) is 18.2 Å². The van der Waals surface area contributed by atoms with E-state index in [1.165, 1.54) is 16.0 Å². The van der Waals surface area contributed by atoms with E-state index >= 15 is 0 Å². The Morgan fingerprint density at radius 1 is 1.00 bits per heavy atom. The van der Waals surface area contributed by atoms with Gasteiger partial charge in [-0.05, 0) is 30.0 Å². The summed E-state index contributed by atoms with van der Waals surface area (Å²) >= 11 is 0. The van der Waals surface area contributed by atoms with E-state index in [2.05, 4.69) is 23.1 Å². The molecule has 2 atom stereocenters. The predicted octanol–water partition coefficient (Wildman–Crippen LogP) is 1.44. The number of amides is 3. The van der Waals surface area contributed by atoms with E-state index in [-0.39, 0.29) is 36.1 Å². The number of fused-ring (bicyclic) bond motifs is 2. The van der Waals surface area contributed by atoms with E-state index in [0.717, 1.165) is 64.1 Å². The summed E-state index contributed by atoms with van der Waals surface area (Å²) in [6.07, 6.45) is 4.55. The zero-order valence-corrected chi connectivity index (χ0v) is 17.3. The fraction of sp³-hybridized carbons (Fsp3) is 0.609. The van der Waals surface area contributed by atoms with E-state index in [1.54, 1.807) is 4.90 Å². The van der Waals surface area contributed by atoms with E-state index in [1.807, 2.05) is 0 Å². The predicted molar refractivity (Wildman–Crippen MR) is 110 cm³/mol. The molecule has 30 heavy (non-hydrogen) atoms. The number of carbonyl (C=O) groups is 3. The van der Waals surface area contributed by atoms with Crippen molar-refractivity contribution in [1.29, 1.82) is 0 Å². The smallest absolute Gasteiger partial charge is 0.242 e. The lowest BCUT2D eigenvalue weighted by Crippen LogP contribution is -2.51. The largest absolute Gasteiger partial charge is 0.493 e. The van der Waals surface area contributed by atoms with Crippen molar-refractivity contribution >= 4 is 17.7 Å². The number of ether oxygens (including phenoxy) is 1. The van der Waals surface area contributed by atoms with E-state index in [9.17, 15) is 14.4 Å². The number of imide groups is 1. The Labute approximate surface area is 176 Å². The minimum atomic E-state index is -0.186. The molecule has 0 aromatic heterocycles. The molecular formula is C23H29N3O4. The lowest BCUT2D eigenvalue weighted by molar-refractivity contribution is -0.147. The van der Waals surface area contributed by atoms with Crippen LogP contribution in [-0.4, -0.2) is 71.8 Å². The first kappa shape index (κ1) is 19.5. The topological polar surface area (TPSA) is 70.2 Å². The van der Waals surface area contributed by atoms with Crippen molar-refractivity contribution in [3.63, 3.8) is 0 Å². The lowest BCUT2D eigenvalue weighted by Gasteiger charge is -2.35. The molecule has 160 valence electrons. The molecule has 0 unspecified atom stereocenters. The van der Waals surface area contributed by atoms with Crippen molar-refractivity contribution in [1.82, 2.24) is 14.7 Å². The number of hydrogen-bond acceptors (Lipinski definition) is 5. The molecule has 3 fully saturated rings. The average molecular weight is 412 g/mol. The van der Waals surface area contributed by atoms with Gasteiger partial charge in [-0.2, -0.15) is 0 Å². The van der Waals surface area contributed by atoms with Gasteiger partial charge < -0.3 is 9.64 Å². The third kappa shape index (κ3) is 3.60. The normalized spacial score (nSPS) is 26.5. The first-order chi connectivity index (χ1) is 14.6. The number of piperazine rings is 1. The summed E-state index contributed by atoms with van der Waals surface area (Å²) in [5.41, 5.74) is 2.55. The van der Waals surface area contributed by atoms with Gasteiger partial charge in [-0.3, -0.25) is 24.2 Å². The average Bonchev–Trinajstić information content (AvgIpc) is 3.33. The third-order valence-electron chi connectivity index (χ3n) is 7.11. The second-order valence-corrected chi connectivity index (χ2v) is 8.96. The Kier molecular flexibility index (Phi) is 5.23. The summed E-state index contributed by atoms with van der Waals surface area (Å²) in [5, 5.41) is 0. The SMILES string of the molecule is O=C(CN1C(=O)[C@@H]2CCCC[C@H]2C1=O)N1CCN(Cc2ccc3c(c2)CCO3)CC1. The minimum Gasteiger partial charge on any atom is -0.493 e. The summed E-state index contributed by atoms with van der Waals surface area (Å²) in [4.78, 5) is 43.4. The van der Waals surface area contributed by atoms with Crippen molar-refractivity contribution < 1.29 is 19.1 Å². The highest BCUT2D eigenvalue weighted by molar-refractivity contribution is 6.07. The molecule has 0 radical (unpaired) electrons. The van der Waals surface area contributed by atoms with Gasteiger partial charge in [0.2, 0.25) is 17.7 Å². The second kappa shape index (κ2) is 8.02. The molecule has 1 aromatic rings. The summed E-state index contributed by atoms with van der Waals surface area (Å²) < 4.78 is 5.57. The molecule has 4 aliphatic rings. The van der Waals surface area contributed by atoms with Crippen molar-refractivity contribution in [3.8, 4) is 5.75 Å². The molecule has 0 bridgehead atoms. The molecule has 1 aliphatic carbocycles. The molecule has 5 rings (SSSR count). The third-order valence-corrected chi connectivity index (χ3v) is 7.11. The van der Waals surface area contributed by atoms with Gasteiger partial charge in [0.1, 0.15) is 12.3 Å². The summed E-state index contributed by atoms with van der Waals surface area (Å²) in [6.45, 7) is 4.41. The number of nitrogens with zero attached hydrogens (tertiary/aromatic N) is 3. The van der Waals surface area contributed by atoms with Crippen molar-refractivity contribution in [2.24, 2.45) is 11.8 Å². The zero-order chi connectivity index (χ0) is 20.7. The zero-order valence-electron chi connectivity index (χ0n) is 17.3. The number of benzene rings is 1. The van der Waals surface area contributed by atoms with E-state index < -0.39 is 0 Å². The molecule has 3 amide bonds. The highest BCUT2D eigenvalue weighted by atomic mass is 16.5. The van der Waals surface area contributed by atoms with E-state index in [0.29, 0.717) is 13.1 Å². The van der Waals surface area contributed by atoms with Crippen LogP contribution >= 0.6 is 0 Å². The maximum atomic E-state index is 12.8. The van der Waals surface area contributed by atoms with Gasteiger partial charge in [-0.25, -0.2) is 0 Å². The van der Waals surface area contributed by atoms with Crippen LogP contribution in [0, 0.1) is 11.8 Å². The monoisotopic (exact) mass is 411 g/mol. The van der Waals surface area contributed by atoms with Crippen molar-refractivity contribution in [3.05, 3.63) is 29.3 Å². The fourth-order valence-electron chi connectivity index (χ4n) is 5.37. The molecular weight excluding hydrogens is 382 g/mol. The van der Waals surface area contributed by atoms with Crippen molar-refractivity contribution in [2.75, 3.05) is 39.3 Å². The van der Waals surface area contributed by atoms with Crippen LogP contribution in [0.3, 0.4) is 0 Å². The highest BCUT2D eigenvalue weighted by Gasteiger charge is 2.48. The van der Waals surface area contributed by atoms with Gasteiger partial charge >= 0.3 is 0 Å². The Hall–Kier alpha value is -2.41. The molecule has 3 aliphatic heterocycles. The molecule has 1 aromatic carbocycles. The molecule has 0 spiro atoms. The van der Waals surface area contributed by atoms with Gasteiger partial charge in [0.25, 0.3) is 0 Å². The Morgan fingerprint density at radius 2 is 1.70 bits per heavy atom. The summed E-state index contributed by atoms with van der Waals surface area (Å²) in [6, 6.07) is 6.40. The van der Waals surface area contributed by atoms with Crippen LogP contribution in [0.25, 0.3) is 0 Å². The maximum absolute atomic E-state index is 12.8. The van der Waals surface area contributed by atoms with Crippen LogP contribution in [0.1, 0.15) is 36.8 Å². The first-order valence-electron chi connectivity index (χ1n) is 11.2. The van der Waals surface area contributed by atoms with Gasteiger partial charge in [-0.1, -0.05) is 25.0 Å². The molecule has 7 nitrogen and oxygen atoms in total. The molecule has 7 heteroatoms. The van der Waals surface area contributed by atoms with Crippen LogP contribution in [0.2, 0.25) is 0 Å². The fourth-order valence-corrected chi connectivity index (χ4v) is 5.37. The highest BCUT2D eigenvalue weighted by Crippen LogP contribution is 2.38. The molecule has 3 heterocycles. The quantitative estimate of drug-likeness (QED) is 0.702. The van der Waals surface area contributed by atoms with Gasteiger partial charge in [0.05, 0.1) is 18.4 Å². The summed E-state index contributed by atoms with van der Waals surface area (Å²) in [7, 11) is 0. The molecule has 1 saturated carbocycles.